The van der Waals surface area contributed by atoms with E-state index in [0.717, 1.165) is 10.8 Å². The number of aromatic nitrogens is 1. The molecule has 2 aromatic heterocycles. The van der Waals surface area contributed by atoms with Crippen LogP contribution in [0.25, 0.3) is 22.3 Å². The number of benzene rings is 2. The average molecular weight is 362 g/mol. The number of carbonyl (C=O) groups excluding carboxylic acids is 1. The Morgan fingerprint density at radius 3 is 2.81 bits per heavy atom. The molecule has 27 heavy (non-hydrogen) atoms. The van der Waals surface area contributed by atoms with Crippen LogP contribution in [0.2, 0.25) is 0 Å². The summed E-state index contributed by atoms with van der Waals surface area (Å²) in [6.07, 6.45) is 1.56. The lowest BCUT2D eigenvalue weighted by Crippen LogP contribution is -2.24. The fraction of sp³-hybridized carbons (Fsp3) is 0.143. The second-order valence-electron chi connectivity index (χ2n) is 5.94. The van der Waals surface area contributed by atoms with Crippen molar-refractivity contribution in [3.05, 3.63) is 72.1 Å². The van der Waals surface area contributed by atoms with E-state index in [-0.39, 0.29) is 12.5 Å². The number of nitrogens with one attached hydrogen (secondary N) is 1. The Hall–Kier alpha value is -3.54. The molecule has 0 saturated heterocycles. The molecule has 136 valence electrons. The number of nitrogens with zero attached hydrogens (tertiary/aromatic N) is 1. The first-order valence-electron chi connectivity index (χ1n) is 8.68. The van der Waals surface area contributed by atoms with Crippen molar-refractivity contribution in [2.45, 2.75) is 13.5 Å². The van der Waals surface area contributed by atoms with Crippen LogP contribution in [0, 0.1) is 0 Å². The van der Waals surface area contributed by atoms with Crippen LogP contribution in [0.5, 0.6) is 5.75 Å². The molecule has 6 heteroatoms. The minimum absolute atomic E-state index is 0.224. The van der Waals surface area contributed by atoms with Crippen molar-refractivity contribution in [2.75, 3.05) is 6.61 Å². The molecule has 0 spiro atoms. The van der Waals surface area contributed by atoms with Crippen LogP contribution in [0.15, 0.2) is 69.8 Å². The van der Waals surface area contributed by atoms with Gasteiger partial charge in [0.2, 0.25) is 5.76 Å². The number of fused-ring (bicyclic) bond motifs is 1. The summed E-state index contributed by atoms with van der Waals surface area (Å²) >= 11 is 0. The molecular formula is C21H18N2O4. The van der Waals surface area contributed by atoms with E-state index in [9.17, 15) is 4.79 Å². The van der Waals surface area contributed by atoms with Gasteiger partial charge in [0.05, 0.1) is 25.0 Å². The molecule has 0 aliphatic carbocycles. The third-order valence-electron chi connectivity index (χ3n) is 4.17. The predicted octanol–water partition coefficient (Wildman–Crippen LogP) is 4.42. The smallest absolute Gasteiger partial charge is 0.256 e. The molecule has 0 fully saturated rings. The number of carbonyl (C=O) groups is 1. The van der Waals surface area contributed by atoms with Gasteiger partial charge in [0, 0.05) is 6.07 Å². The fourth-order valence-electron chi connectivity index (χ4n) is 2.95. The zero-order valence-corrected chi connectivity index (χ0v) is 14.8. The van der Waals surface area contributed by atoms with Crippen molar-refractivity contribution in [2.24, 2.45) is 0 Å². The standard InChI is InChI=1S/C21H18N2O4/c1-2-25-18-10-9-14-6-3-4-7-16(14)20(18)21(24)22-13-15-12-19(27-23-15)17-8-5-11-26-17/h3-12H,2,13H2,1H3,(H,22,24). The lowest BCUT2D eigenvalue weighted by molar-refractivity contribution is 0.0948. The van der Waals surface area contributed by atoms with Crippen molar-refractivity contribution in [3.8, 4) is 17.3 Å². The highest BCUT2D eigenvalue weighted by Crippen LogP contribution is 2.28. The van der Waals surface area contributed by atoms with Crippen LogP contribution in [0.1, 0.15) is 23.0 Å². The molecule has 6 nitrogen and oxygen atoms in total. The zero-order valence-electron chi connectivity index (χ0n) is 14.8. The van der Waals surface area contributed by atoms with Gasteiger partial charge in [-0.15, -0.1) is 0 Å². The van der Waals surface area contributed by atoms with Crippen molar-refractivity contribution in [1.29, 1.82) is 0 Å². The van der Waals surface area contributed by atoms with Crippen LogP contribution in [0.3, 0.4) is 0 Å². The molecule has 2 aromatic carbocycles. The molecule has 0 bridgehead atoms. The lowest BCUT2D eigenvalue weighted by atomic mass is 10.0. The van der Waals surface area contributed by atoms with Crippen LogP contribution in [0.4, 0.5) is 0 Å². The van der Waals surface area contributed by atoms with Crippen molar-refractivity contribution < 1.29 is 18.5 Å². The summed E-state index contributed by atoms with van der Waals surface area (Å²) in [5, 5.41) is 8.69. The number of furan rings is 1. The highest BCUT2D eigenvalue weighted by atomic mass is 16.5. The van der Waals surface area contributed by atoms with Gasteiger partial charge >= 0.3 is 0 Å². The largest absolute Gasteiger partial charge is 0.493 e. The van der Waals surface area contributed by atoms with E-state index >= 15 is 0 Å². The van der Waals surface area contributed by atoms with Crippen LogP contribution in [-0.4, -0.2) is 17.7 Å². The van der Waals surface area contributed by atoms with E-state index in [4.69, 9.17) is 13.7 Å². The minimum atomic E-state index is -0.224. The third-order valence-corrected chi connectivity index (χ3v) is 4.17. The number of hydrogen-bond acceptors (Lipinski definition) is 5. The molecule has 4 aromatic rings. The molecule has 0 unspecified atom stereocenters. The second kappa shape index (κ2) is 7.37. The fourth-order valence-corrected chi connectivity index (χ4v) is 2.95. The second-order valence-corrected chi connectivity index (χ2v) is 5.94. The highest BCUT2D eigenvalue weighted by Gasteiger charge is 2.17. The Morgan fingerprint density at radius 1 is 1.11 bits per heavy atom. The predicted molar refractivity (Wildman–Crippen MR) is 100 cm³/mol. The van der Waals surface area contributed by atoms with E-state index in [0.29, 0.717) is 35.1 Å². The van der Waals surface area contributed by atoms with Gasteiger partial charge in [-0.1, -0.05) is 35.5 Å². The van der Waals surface area contributed by atoms with Gasteiger partial charge in [0.15, 0.2) is 5.76 Å². The topological polar surface area (TPSA) is 77.5 Å². The number of rotatable bonds is 6. The summed E-state index contributed by atoms with van der Waals surface area (Å²) in [6.45, 7) is 2.61. The summed E-state index contributed by atoms with van der Waals surface area (Å²) < 4.78 is 16.2. The molecule has 2 heterocycles. The number of ether oxygens (including phenoxy) is 1. The quantitative estimate of drug-likeness (QED) is 0.549. The summed E-state index contributed by atoms with van der Waals surface area (Å²) in [6, 6.07) is 16.8. The molecule has 0 aliphatic rings. The molecule has 0 atom stereocenters. The Kier molecular flexibility index (Phi) is 4.61. The molecular weight excluding hydrogens is 344 g/mol. The maximum atomic E-state index is 12.9. The maximum absolute atomic E-state index is 12.9. The Bertz CT molecular complexity index is 1070. The lowest BCUT2D eigenvalue weighted by Gasteiger charge is -2.13. The van der Waals surface area contributed by atoms with Crippen LogP contribution >= 0.6 is 0 Å². The number of amides is 1. The van der Waals surface area contributed by atoms with E-state index in [1.807, 2.05) is 43.3 Å². The van der Waals surface area contributed by atoms with Crippen LogP contribution < -0.4 is 10.1 Å². The van der Waals surface area contributed by atoms with Gasteiger partial charge in [-0.2, -0.15) is 0 Å². The van der Waals surface area contributed by atoms with Gasteiger partial charge in [0.1, 0.15) is 11.4 Å². The van der Waals surface area contributed by atoms with Crippen molar-refractivity contribution in [3.63, 3.8) is 0 Å². The molecule has 4 rings (SSSR count). The third kappa shape index (κ3) is 3.42. The van der Waals surface area contributed by atoms with E-state index in [1.165, 1.54) is 0 Å². The number of hydrogen-bond donors (Lipinski definition) is 1. The summed E-state index contributed by atoms with van der Waals surface area (Å²) in [5.74, 6) is 1.44. The van der Waals surface area contributed by atoms with Gasteiger partial charge < -0.3 is 19.0 Å². The van der Waals surface area contributed by atoms with Crippen molar-refractivity contribution in [1.82, 2.24) is 10.5 Å². The van der Waals surface area contributed by atoms with Gasteiger partial charge in [-0.3, -0.25) is 4.79 Å². The first kappa shape index (κ1) is 16.9. The highest BCUT2D eigenvalue weighted by molar-refractivity contribution is 6.09. The van der Waals surface area contributed by atoms with Crippen LogP contribution in [-0.2, 0) is 6.54 Å². The molecule has 0 aliphatic heterocycles. The first-order valence-corrected chi connectivity index (χ1v) is 8.68. The summed E-state index contributed by atoms with van der Waals surface area (Å²) in [7, 11) is 0. The average Bonchev–Trinajstić information content (AvgIpc) is 3.38. The SMILES string of the molecule is CCOc1ccc2ccccc2c1C(=O)NCc1cc(-c2ccco2)on1. The molecule has 1 N–H and O–H groups in total. The summed E-state index contributed by atoms with van der Waals surface area (Å²) in [5.41, 5.74) is 1.12. The van der Waals surface area contributed by atoms with Gasteiger partial charge in [-0.05, 0) is 35.9 Å². The van der Waals surface area contributed by atoms with Gasteiger partial charge in [0.25, 0.3) is 5.91 Å². The zero-order chi connectivity index (χ0) is 18.6. The summed E-state index contributed by atoms with van der Waals surface area (Å²) in [4.78, 5) is 12.9. The van der Waals surface area contributed by atoms with Gasteiger partial charge in [-0.25, -0.2) is 0 Å². The normalized spacial score (nSPS) is 10.9. The monoisotopic (exact) mass is 362 g/mol. The first-order chi connectivity index (χ1) is 13.3. The minimum Gasteiger partial charge on any atom is -0.493 e. The Balaban J connectivity index is 1.57. The van der Waals surface area contributed by atoms with E-state index in [1.54, 1.807) is 24.5 Å². The molecule has 0 saturated carbocycles. The van der Waals surface area contributed by atoms with E-state index in [2.05, 4.69) is 10.5 Å². The van der Waals surface area contributed by atoms with E-state index < -0.39 is 0 Å². The Labute approximate surface area is 155 Å². The molecule has 0 radical (unpaired) electrons. The van der Waals surface area contributed by atoms with Crippen molar-refractivity contribution >= 4 is 16.7 Å². The Morgan fingerprint density at radius 2 is 2.00 bits per heavy atom. The maximum Gasteiger partial charge on any atom is 0.256 e. The molecule has 1 amide bonds.